The molecule has 0 aliphatic rings. The largest absolute Gasteiger partial charge is 0.445 e. The highest BCUT2D eigenvalue weighted by molar-refractivity contribution is 6.02. The van der Waals surface area contributed by atoms with Crippen molar-refractivity contribution < 1.29 is 14.3 Å². The minimum absolute atomic E-state index is 0.108. The minimum atomic E-state index is -1.10. The van der Waals surface area contributed by atoms with Crippen LogP contribution in [-0.4, -0.2) is 16.3 Å². The van der Waals surface area contributed by atoms with Crippen molar-refractivity contribution in [1.29, 1.82) is 0 Å². The number of pyridine rings is 1. The first kappa shape index (κ1) is 19.3. The summed E-state index contributed by atoms with van der Waals surface area (Å²) in [5, 5.41) is 0. The molecule has 0 radical (unpaired) electrons. The van der Waals surface area contributed by atoms with E-state index < -0.39 is 12.1 Å². The molecule has 0 aliphatic heterocycles. The number of nitrogens with zero attached hydrogens (tertiary/aromatic N) is 1. The third kappa shape index (κ3) is 4.26. The molecule has 0 saturated carbocycles. The molecule has 1 atom stereocenters. The molecule has 0 unspecified atom stereocenters. The Morgan fingerprint density at radius 3 is 2.00 bits per heavy atom. The standard InChI is InChI=1S/C23H21NO4/c1-15-4-8-17(9-5-15)21(26)22(18-10-6-16(2)7-11-18)28-23(27)19-12-13-24(3)20(25)14-19/h4-14,22H,1-3H3/t22-/m0/s1. The Morgan fingerprint density at radius 1 is 0.857 bits per heavy atom. The summed E-state index contributed by atoms with van der Waals surface area (Å²) in [7, 11) is 1.59. The Balaban J connectivity index is 1.95. The van der Waals surface area contributed by atoms with Gasteiger partial charge in [0.1, 0.15) is 0 Å². The van der Waals surface area contributed by atoms with Crippen molar-refractivity contribution in [3.8, 4) is 0 Å². The molecule has 0 spiro atoms. The zero-order chi connectivity index (χ0) is 20.3. The highest BCUT2D eigenvalue weighted by Crippen LogP contribution is 2.24. The minimum Gasteiger partial charge on any atom is -0.445 e. The van der Waals surface area contributed by atoms with Gasteiger partial charge in [-0.05, 0) is 19.9 Å². The lowest BCUT2D eigenvalue weighted by atomic mass is 9.98. The summed E-state index contributed by atoms with van der Waals surface area (Å²) in [6.07, 6.45) is 0.390. The topological polar surface area (TPSA) is 65.4 Å². The molecule has 1 aromatic heterocycles. The first-order valence-corrected chi connectivity index (χ1v) is 8.90. The number of Topliss-reactive ketones (excluding diaryl/α,β-unsaturated/α-hetero) is 1. The van der Waals surface area contributed by atoms with E-state index in [-0.39, 0.29) is 16.9 Å². The third-order valence-electron chi connectivity index (χ3n) is 4.52. The predicted molar refractivity (Wildman–Crippen MR) is 107 cm³/mol. The van der Waals surface area contributed by atoms with Gasteiger partial charge in [-0.15, -0.1) is 0 Å². The second kappa shape index (κ2) is 8.05. The van der Waals surface area contributed by atoms with Crippen molar-refractivity contribution in [2.24, 2.45) is 7.05 Å². The average Bonchev–Trinajstić information content (AvgIpc) is 2.69. The number of carbonyl (C=O) groups is 2. The van der Waals surface area contributed by atoms with Crippen molar-refractivity contribution in [3.63, 3.8) is 0 Å². The molecule has 1 heterocycles. The second-order valence-electron chi connectivity index (χ2n) is 6.79. The third-order valence-corrected chi connectivity index (χ3v) is 4.52. The summed E-state index contributed by atoms with van der Waals surface area (Å²) in [6.45, 7) is 3.87. The van der Waals surface area contributed by atoms with E-state index in [0.717, 1.165) is 11.1 Å². The second-order valence-corrected chi connectivity index (χ2v) is 6.79. The Labute approximate surface area is 163 Å². The fraction of sp³-hybridized carbons (Fsp3) is 0.174. The fourth-order valence-corrected chi connectivity index (χ4v) is 2.73. The summed E-state index contributed by atoms with van der Waals surface area (Å²) < 4.78 is 6.92. The van der Waals surface area contributed by atoms with Crippen LogP contribution >= 0.6 is 0 Å². The van der Waals surface area contributed by atoms with Crippen molar-refractivity contribution in [2.45, 2.75) is 20.0 Å². The van der Waals surface area contributed by atoms with Gasteiger partial charge in [-0.1, -0.05) is 59.7 Å². The molecule has 142 valence electrons. The van der Waals surface area contributed by atoms with Gasteiger partial charge >= 0.3 is 5.97 Å². The number of esters is 1. The highest BCUT2D eigenvalue weighted by atomic mass is 16.5. The molecule has 5 nitrogen and oxygen atoms in total. The van der Waals surface area contributed by atoms with Crippen LogP contribution < -0.4 is 5.56 Å². The normalized spacial score (nSPS) is 11.7. The van der Waals surface area contributed by atoms with Gasteiger partial charge in [-0.3, -0.25) is 9.59 Å². The van der Waals surface area contributed by atoms with Gasteiger partial charge in [-0.25, -0.2) is 4.79 Å². The molecule has 28 heavy (non-hydrogen) atoms. The smallest absolute Gasteiger partial charge is 0.339 e. The van der Waals surface area contributed by atoms with Gasteiger partial charge in [0.05, 0.1) is 5.56 Å². The lowest BCUT2D eigenvalue weighted by Gasteiger charge is -2.18. The molecule has 3 aromatic rings. The molecule has 0 bridgehead atoms. The van der Waals surface area contributed by atoms with Crippen LogP contribution in [0.25, 0.3) is 0 Å². The first-order chi connectivity index (χ1) is 13.3. The molecular weight excluding hydrogens is 354 g/mol. The van der Waals surface area contributed by atoms with E-state index in [1.807, 2.05) is 38.1 Å². The van der Waals surface area contributed by atoms with Crippen molar-refractivity contribution >= 4 is 11.8 Å². The van der Waals surface area contributed by atoms with Gasteiger partial charge in [0, 0.05) is 30.4 Å². The number of aryl methyl sites for hydroxylation is 3. The maximum Gasteiger partial charge on any atom is 0.339 e. The number of benzene rings is 2. The molecule has 2 aromatic carbocycles. The van der Waals surface area contributed by atoms with Crippen LogP contribution in [0.5, 0.6) is 0 Å². The monoisotopic (exact) mass is 375 g/mol. The number of hydrogen-bond donors (Lipinski definition) is 0. The first-order valence-electron chi connectivity index (χ1n) is 8.90. The molecule has 0 fully saturated rings. The van der Waals surface area contributed by atoms with Gasteiger partial charge in [-0.2, -0.15) is 0 Å². The fourth-order valence-electron chi connectivity index (χ4n) is 2.73. The van der Waals surface area contributed by atoms with E-state index in [4.69, 9.17) is 4.74 Å². The van der Waals surface area contributed by atoms with E-state index in [1.165, 1.54) is 22.9 Å². The Morgan fingerprint density at radius 2 is 1.43 bits per heavy atom. The summed E-state index contributed by atoms with van der Waals surface area (Å²) in [6, 6.07) is 17.0. The lowest BCUT2D eigenvalue weighted by Crippen LogP contribution is -2.22. The zero-order valence-electron chi connectivity index (χ0n) is 16.0. The maximum atomic E-state index is 13.1. The maximum absolute atomic E-state index is 13.1. The Bertz CT molecular complexity index is 1060. The molecule has 0 saturated heterocycles. The molecule has 3 rings (SSSR count). The van der Waals surface area contributed by atoms with Gasteiger partial charge in [0.2, 0.25) is 5.78 Å². The van der Waals surface area contributed by atoms with Crippen LogP contribution in [-0.2, 0) is 11.8 Å². The number of rotatable bonds is 5. The van der Waals surface area contributed by atoms with Crippen molar-refractivity contribution in [3.05, 3.63) is 105 Å². The Kier molecular flexibility index (Phi) is 5.54. The van der Waals surface area contributed by atoms with Crippen LogP contribution in [0.2, 0.25) is 0 Å². The van der Waals surface area contributed by atoms with Crippen LogP contribution in [0.3, 0.4) is 0 Å². The summed E-state index contributed by atoms with van der Waals surface area (Å²) >= 11 is 0. The number of hydrogen-bond acceptors (Lipinski definition) is 4. The number of carbonyl (C=O) groups excluding carboxylic acids is 2. The quantitative estimate of drug-likeness (QED) is 0.503. The molecule has 0 N–H and O–H groups in total. The van der Waals surface area contributed by atoms with Gasteiger partial charge in [0.15, 0.2) is 6.10 Å². The number of ether oxygens (including phenoxy) is 1. The molecular formula is C23H21NO4. The zero-order valence-corrected chi connectivity index (χ0v) is 16.0. The van der Waals surface area contributed by atoms with Gasteiger partial charge < -0.3 is 9.30 Å². The van der Waals surface area contributed by atoms with Crippen LogP contribution in [0.1, 0.15) is 43.5 Å². The van der Waals surface area contributed by atoms with E-state index in [9.17, 15) is 14.4 Å². The summed E-state index contributed by atoms with van der Waals surface area (Å²) in [5.74, 6) is -1.04. The van der Waals surface area contributed by atoms with Crippen molar-refractivity contribution in [1.82, 2.24) is 4.57 Å². The molecule has 0 amide bonds. The van der Waals surface area contributed by atoms with E-state index in [2.05, 4.69) is 0 Å². The van der Waals surface area contributed by atoms with E-state index in [1.54, 1.807) is 31.3 Å². The van der Waals surface area contributed by atoms with E-state index in [0.29, 0.717) is 11.1 Å². The molecule has 5 heteroatoms. The highest BCUT2D eigenvalue weighted by Gasteiger charge is 2.27. The summed E-state index contributed by atoms with van der Waals surface area (Å²) in [4.78, 5) is 37.5. The van der Waals surface area contributed by atoms with Crippen LogP contribution in [0, 0.1) is 13.8 Å². The van der Waals surface area contributed by atoms with E-state index >= 15 is 0 Å². The molecule has 0 aliphatic carbocycles. The average molecular weight is 375 g/mol. The van der Waals surface area contributed by atoms with Gasteiger partial charge in [0.25, 0.3) is 5.56 Å². The van der Waals surface area contributed by atoms with Crippen LogP contribution in [0.15, 0.2) is 71.7 Å². The lowest BCUT2D eigenvalue weighted by molar-refractivity contribution is 0.0279. The number of ketones is 1. The van der Waals surface area contributed by atoms with Crippen molar-refractivity contribution in [2.75, 3.05) is 0 Å². The Hall–Kier alpha value is -3.47. The van der Waals surface area contributed by atoms with Crippen LogP contribution in [0.4, 0.5) is 0 Å². The SMILES string of the molecule is Cc1ccc(C(=O)[C@@H](OC(=O)c2ccn(C)c(=O)c2)c2ccc(C)cc2)cc1. The summed E-state index contributed by atoms with van der Waals surface area (Å²) in [5.41, 5.74) is 2.87. The number of aromatic nitrogens is 1. The predicted octanol–water partition coefficient (Wildman–Crippen LogP) is 3.78.